The number of nitrogens with zero attached hydrogens (tertiary/aromatic N) is 1. The molecule has 0 aliphatic carbocycles. The average Bonchev–Trinajstić information content (AvgIpc) is 2.51. The lowest BCUT2D eigenvalue weighted by Gasteiger charge is -2.05. The topological polar surface area (TPSA) is 17.0 Å². The average molecular weight is 237 g/mol. The van der Waals surface area contributed by atoms with Crippen LogP contribution in [0.15, 0.2) is 18.2 Å². The van der Waals surface area contributed by atoms with Crippen LogP contribution in [0.4, 0.5) is 0 Å². The largest absolute Gasteiger partial charge is 0.346 e. The van der Waals surface area contributed by atoms with Crippen molar-refractivity contribution in [3.63, 3.8) is 0 Å². The van der Waals surface area contributed by atoms with E-state index < -0.39 is 0 Å². The Hall–Kier alpha value is -0.990. The van der Waals surface area contributed by atoms with Gasteiger partial charge in [0.05, 0.1) is 10.5 Å². The molecule has 0 radical (unpaired) electrons. The lowest BCUT2D eigenvalue weighted by atomic mass is 10.1. The van der Waals surface area contributed by atoms with E-state index in [0.717, 1.165) is 23.5 Å². The SMILES string of the molecule is CNCCc1c(C)c2cccc(Cl)c2n1C. The van der Waals surface area contributed by atoms with E-state index in [4.69, 9.17) is 11.6 Å². The molecule has 86 valence electrons. The molecule has 2 nitrogen and oxygen atoms in total. The summed E-state index contributed by atoms with van der Waals surface area (Å²) in [6, 6.07) is 6.10. The highest BCUT2D eigenvalue weighted by Gasteiger charge is 2.12. The van der Waals surface area contributed by atoms with E-state index in [1.807, 2.05) is 19.2 Å². The van der Waals surface area contributed by atoms with Crippen LogP contribution in [-0.2, 0) is 13.5 Å². The number of aryl methyl sites for hydroxylation is 2. The molecule has 0 saturated heterocycles. The first-order valence-electron chi connectivity index (χ1n) is 5.53. The highest BCUT2D eigenvalue weighted by molar-refractivity contribution is 6.35. The highest BCUT2D eigenvalue weighted by Crippen LogP contribution is 2.30. The fraction of sp³-hybridized carbons (Fsp3) is 0.385. The van der Waals surface area contributed by atoms with Crippen LogP contribution >= 0.6 is 11.6 Å². The van der Waals surface area contributed by atoms with Crippen LogP contribution in [0, 0.1) is 6.92 Å². The number of para-hydroxylation sites is 1. The maximum atomic E-state index is 6.25. The molecule has 0 amide bonds. The van der Waals surface area contributed by atoms with Crippen molar-refractivity contribution in [1.82, 2.24) is 9.88 Å². The Balaban J connectivity index is 2.62. The van der Waals surface area contributed by atoms with Gasteiger partial charge in [-0.15, -0.1) is 0 Å². The standard InChI is InChI=1S/C13H17ClN2/c1-9-10-5-4-6-11(14)13(10)16(3)12(9)7-8-15-2/h4-6,15H,7-8H2,1-3H3. The van der Waals surface area contributed by atoms with Crippen molar-refractivity contribution in [3.8, 4) is 0 Å². The van der Waals surface area contributed by atoms with Crippen LogP contribution in [0.3, 0.4) is 0 Å². The van der Waals surface area contributed by atoms with Gasteiger partial charge in [0.25, 0.3) is 0 Å². The van der Waals surface area contributed by atoms with Crippen molar-refractivity contribution in [2.45, 2.75) is 13.3 Å². The molecule has 0 aliphatic heterocycles. The van der Waals surface area contributed by atoms with Gasteiger partial charge in [0.15, 0.2) is 0 Å². The summed E-state index contributed by atoms with van der Waals surface area (Å²) in [4.78, 5) is 0. The number of halogens is 1. The molecular weight excluding hydrogens is 220 g/mol. The molecule has 0 atom stereocenters. The molecule has 0 fully saturated rings. The zero-order valence-electron chi connectivity index (χ0n) is 9.97. The van der Waals surface area contributed by atoms with E-state index in [2.05, 4.69) is 29.9 Å². The highest BCUT2D eigenvalue weighted by atomic mass is 35.5. The predicted octanol–water partition coefficient (Wildman–Crippen LogP) is 2.90. The Morgan fingerprint density at radius 3 is 2.75 bits per heavy atom. The fourth-order valence-electron chi connectivity index (χ4n) is 2.30. The van der Waals surface area contributed by atoms with E-state index in [9.17, 15) is 0 Å². The van der Waals surface area contributed by atoms with Crippen molar-refractivity contribution in [2.75, 3.05) is 13.6 Å². The molecule has 0 spiro atoms. The van der Waals surface area contributed by atoms with Gasteiger partial charge in [-0.2, -0.15) is 0 Å². The molecule has 1 N–H and O–H groups in total. The second kappa shape index (κ2) is 4.48. The lowest BCUT2D eigenvalue weighted by molar-refractivity contribution is 0.742. The number of aromatic nitrogens is 1. The van der Waals surface area contributed by atoms with Crippen LogP contribution < -0.4 is 5.32 Å². The van der Waals surface area contributed by atoms with Crippen LogP contribution in [0.25, 0.3) is 10.9 Å². The smallest absolute Gasteiger partial charge is 0.0672 e. The summed E-state index contributed by atoms with van der Waals surface area (Å²) in [5, 5.41) is 5.28. The number of likely N-dealkylation sites (N-methyl/N-ethyl adjacent to an activating group) is 1. The number of hydrogen-bond donors (Lipinski definition) is 1. The van der Waals surface area contributed by atoms with Gasteiger partial charge in [0.2, 0.25) is 0 Å². The first kappa shape index (κ1) is 11.5. The number of benzene rings is 1. The third-order valence-corrected chi connectivity index (χ3v) is 3.48. The van der Waals surface area contributed by atoms with Gasteiger partial charge < -0.3 is 9.88 Å². The van der Waals surface area contributed by atoms with Crippen molar-refractivity contribution < 1.29 is 0 Å². The minimum Gasteiger partial charge on any atom is -0.346 e. The Morgan fingerprint density at radius 2 is 2.12 bits per heavy atom. The van der Waals surface area contributed by atoms with Crippen molar-refractivity contribution in [3.05, 3.63) is 34.5 Å². The summed E-state index contributed by atoms with van der Waals surface area (Å²) in [5.74, 6) is 0. The maximum absolute atomic E-state index is 6.25. The first-order chi connectivity index (χ1) is 7.66. The Labute approximate surface area is 101 Å². The zero-order valence-corrected chi connectivity index (χ0v) is 10.7. The molecule has 2 rings (SSSR count). The van der Waals surface area contributed by atoms with E-state index in [1.54, 1.807) is 0 Å². The summed E-state index contributed by atoms with van der Waals surface area (Å²) >= 11 is 6.25. The number of rotatable bonds is 3. The molecule has 16 heavy (non-hydrogen) atoms. The van der Waals surface area contributed by atoms with E-state index >= 15 is 0 Å². The third-order valence-electron chi connectivity index (χ3n) is 3.18. The van der Waals surface area contributed by atoms with Crippen molar-refractivity contribution in [2.24, 2.45) is 7.05 Å². The van der Waals surface area contributed by atoms with Crippen LogP contribution in [0.1, 0.15) is 11.3 Å². The molecule has 0 bridgehead atoms. The minimum atomic E-state index is 0.832. The number of hydrogen-bond acceptors (Lipinski definition) is 1. The minimum absolute atomic E-state index is 0.832. The van der Waals surface area contributed by atoms with Gasteiger partial charge >= 0.3 is 0 Å². The van der Waals surface area contributed by atoms with Gasteiger partial charge in [-0.3, -0.25) is 0 Å². The second-order valence-corrected chi connectivity index (χ2v) is 4.53. The molecule has 0 aliphatic rings. The summed E-state index contributed by atoms with van der Waals surface area (Å²) in [5.41, 5.74) is 3.85. The molecule has 1 aromatic carbocycles. The van der Waals surface area contributed by atoms with Gasteiger partial charge in [-0.05, 0) is 25.6 Å². The van der Waals surface area contributed by atoms with Gasteiger partial charge in [0.1, 0.15) is 0 Å². The van der Waals surface area contributed by atoms with E-state index in [1.165, 1.54) is 16.6 Å². The van der Waals surface area contributed by atoms with Crippen molar-refractivity contribution in [1.29, 1.82) is 0 Å². The molecule has 0 unspecified atom stereocenters. The van der Waals surface area contributed by atoms with E-state index in [0.29, 0.717) is 0 Å². The molecule has 0 saturated carbocycles. The van der Waals surface area contributed by atoms with Crippen LogP contribution in [-0.4, -0.2) is 18.2 Å². The number of nitrogens with one attached hydrogen (secondary N) is 1. The fourth-order valence-corrected chi connectivity index (χ4v) is 2.60. The van der Waals surface area contributed by atoms with Crippen molar-refractivity contribution >= 4 is 22.5 Å². The molecule has 1 aromatic heterocycles. The molecule has 3 heteroatoms. The van der Waals surface area contributed by atoms with Crippen LogP contribution in [0.2, 0.25) is 5.02 Å². The molecular formula is C13H17ClN2. The number of fused-ring (bicyclic) bond motifs is 1. The quantitative estimate of drug-likeness (QED) is 0.867. The van der Waals surface area contributed by atoms with E-state index in [-0.39, 0.29) is 0 Å². The Kier molecular flexibility index (Phi) is 3.22. The first-order valence-corrected chi connectivity index (χ1v) is 5.91. The molecule has 2 aromatic rings. The van der Waals surface area contributed by atoms with Crippen LogP contribution in [0.5, 0.6) is 0 Å². The summed E-state index contributed by atoms with van der Waals surface area (Å²) in [7, 11) is 4.07. The van der Waals surface area contributed by atoms with Gasteiger partial charge in [-0.25, -0.2) is 0 Å². The normalized spacial score (nSPS) is 11.2. The summed E-state index contributed by atoms with van der Waals surface area (Å²) in [6.45, 7) is 3.16. The monoisotopic (exact) mass is 236 g/mol. The maximum Gasteiger partial charge on any atom is 0.0672 e. The second-order valence-electron chi connectivity index (χ2n) is 4.12. The summed E-state index contributed by atoms with van der Waals surface area (Å²) in [6.07, 6.45) is 1.03. The zero-order chi connectivity index (χ0) is 11.7. The molecule has 1 heterocycles. The summed E-state index contributed by atoms with van der Waals surface area (Å²) < 4.78 is 2.21. The Morgan fingerprint density at radius 1 is 1.38 bits per heavy atom. The Bertz CT molecular complexity index is 514. The predicted molar refractivity (Wildman–Crippen MR) is 70.3 cm³/mol. The van der Waals surface area contributed by atoms with Gasteiger partial charge in [0, 0.05) is 31.1 Å². The lowest BCUT2D eigenvalue weighted by Crippen LogP contribution is -2.12. The van der Waals surface area contributed by atoms with Gasteiger partial charge in [-0.1, -0.05) is 23.7 Å². The third kappa shape index (κ3) is 1.72.